The van der Waals surface area contributed by atoms with Crippen molar-refractivity contribution in [3.05, 3.63) is 34.9 Å². The van der Waals surface area contributed by atoms with Crippen molar-refractivity contribution in [2.75, 3.05) is 0 Å². The van der Waals surface area contributed by atoms with Crippen molar-refractivity contribution in [3.8, 4) is 6.07 Å². The van der Waals surface area contributed by atoms with E-state index in [0.29, 0.717) is 11.8 Å². The molecule has 1 fully saturated rings. The molecule has 1 nitrogen and oxygen atoms in total. The summed E-state index contributed by atoms with van der Waals surface area (Å²) in [5, 5.41) is 9.35. The van der Waals surface area contributed by atoms with Gasteiger partial charge in [-0.1, -0.05) is 39.0 Å². The molecule has 1 aliphatic carbocycles. The molecule has 1 heteroatoms. The van der Waals surface area contributed by atoms with Gasteiger partial charge in [0.25, 0.3) is 0 Å². The minimum Gasteiger partial charge on any atom is -0.192 e. The number of nitrogens with zero attached hydrogens (tertiary/aromatic N) is 1. The van der Waals surface area contributed by atoms with E-state index in [1.165, 1.54) is 24.0 Å². The molecule has 0 saturated heterocycles. The maximum atomic E-state index is 9.35. The summed E-state index contributed by atoms with van der Waals surface area (Å²) in [5.41, 5.74) is 3.39. The van der Waals surface area contributed by atoms with Crippen LogP contribution in [0.25, 0.3) is 0 Å². The average molecular weight is 213 g/mol. The Morgan fingerprint density at radius 3 is 2.31 bits per heavy atom. The first-order valence-corrected chi connectivity index (χ1v) is 6.18. The molecule has 0 aromatic heterocycles. The van der Waals surface area contributed by atoms with Gasteiger partial charge in [-0.25, -0.2) is 0 Å². The lowest BCUT2D eigenvalue weighted by molar-refractivity contribution is 0.659. The van der Waals surface area contributed by atoms with E-state index in [0.717, 1.165) is 11.5 Å². The number of hydrogen-bond donors (Lipinski definition) is 0. The Balaban J connectivity index is 2.44. The summed E-state index contributed by atoms with van der Waals surface area (Å²) in [6.07, 6.45) is 2.66. The van der Waals surface area contributed by atoms with Crippen molar-refractivity contribution in [1.29, 1.82) is 5.26 Å². The fourth-order valence-electron chi connectivity index (χ4n) is 2.43. The smallest absolute Gasteiger partial charge is 0.0997 e. The largest absolute Gasteiger partial charge is 0.192 e. The predicted molar refractivity (Wildman–Crippen MR) is 66.4 cm³/mol. The Kier molecular flexibility index (Phi) is 3.01. The van der Waals surface area contributed by atoms with Crippen LogP contribution in [0.2, 0.25) is 0 Å². The summed E-state index contributed by atoms with van der Waals surface area (Å²) >= 11 is 0. The molecule has 1 aromatic carbocycles. The third-order valence-corrected chi connectivity index (χ3v) is 3.68. The van der Waals surface area contributed by atoms with Gasteiger partial charge in [-0.3, -0.25) is 0 Å². The molecule has 1 saturated carbocycles. The first-order chi connectivity index (χ1) is 7.65. The second kappa shape index (κ2) is 4.29. The van der Waals surface area contributed by atoms with E-state index in [1.54, 1.807) is 0 Å². The Labute approximate surface area is 98.1 Å². The van der Waals surface area contributed by atoms with Gasteiger partial charge in [-0.05, 0) is 41.7 Å². The van der Waals surface area contributed by atoms with Gasteiger partial charge in [0.1, 0.15) is 0 Å². The number of hydrogen-bond acceptors (Lipinski definition) is 1. The fraction of sp³-hybridized carbons (Fsp3) is 0.533. The molecular weight excluding hydrogens is 194 g/mol. The molecule has 1 aromatic rings. The third kappa shape index (κ3) is 1.97. The molecule has 1 atom stereocenters. The first kappa shape index (κ1) is 11.2. The highest BCUT2D eigenvalue weighted by Gasteiger charge is 2.30. The monoisotopic (exact) mass is 213 g/mol. The normalized spacial score (nSPS) is 17.2. The quantitative estimate of drug-likeness (QED) is 0.738. The molecule has 0 unspecified atom stereocenters. The first-order valence-electron chi connectivity index (χ1n) is 6.18. The summed E-state index contributed by atoms with van der Waals surface area (Å²) in [6.45, 7) is 6.57. The highest BCUT2D eigenvalue weighted by Crippen LogP contribution is 2.43. The van der Waals surface area contributed by atoms with Crippen LogP contribution in [-0.2, 0) is 0 Å². The Bertz CT molecular complexity index is 422. The van der Waals surface area contributed by atoms with Crippen LogP contribution >= 0.6 is 0 Å². The molecule has 2 rings (SSSR count). The van der Waals surface area contributed by atoms with Gasteiger partial charge in [-0.2, -0.15) is 5.26 Å². The Hall–Kier alpha value is -1.29. The topological polar surface area (TPSA) is 23.8 Å². The van der Waals surface area contributed by atoms with Gasteiger partial charge in [0.2, 0.25) is 0 Å². The molecule has 0 radical (unpaired) electrons. The highest BCUT2D eigenvalue weighted by molar-refractivity contribution is 5.47. The average Bonchev–Trinajstić information content (AvgIpc) is 3.10. The zero-order valence-corrected chi connectivity index (χ0v) is 10.3. The predicted octanol–water partition coefficient (Wildman–Crippen LogP) is 4.20. The van der Waals surface area contributed by atoms with Crippen LogP contribution in [0.5, 0.6) is 0 Å². The maximum absolute atomic E-state index is 9.35. The van der Waals surface area contributed by atoms with E-state index in [2.05, 4.69) is 45.0 Å². The SMILES string of the molecule is CC(C)c1cccc([C@H](C)C2CC2)c1C#N. The fourth-order valence-corrected chi connectivity index (χ4v) is 2.43. The van der Waals surface area contributed by atoms with E-state index >= 15 is 0 Å². The number of nitriles is 1. The minimum atomic E-state index is 0.431. The van der Waals surface area contributed by atoms with Crippen molar-refractivity contribution in [1.82, 2.24) is 0 Å². The van der Waals surface area contributed by atoms with Crippen molar-refractivity contribution in [2.45, 2.75) is 45.4 Å². The van der Waals surface area contributed by atoms with E-state index in [4.69, 9.17) is 0 Å². The molecule has 84 valence electrons. The molecule has 0 amide bonds. The third-order valence-electron chi connectivity index (χ3n) is 3.68. The van der Waals surface area contributed by atoms with Crippen molar-refractivity contribution in [3.63, 3.8) is 0 Å². The molecule has 0 bridgehead atoms. The van der Waals surface area contributed by atoms with Gasteiger partial charge < -0.3 is 0 Å². The van der Waals surface area contributed by atoms with E-state index in [-0.39, 0.29) is 0 Å². The Morgan fingerprint density at radius 1 is 1.19 bits per heavy atom. The van der Waals surface area contributed by atoms with Crippen molar-refractivity contribution < 1.29 is 0 Å². The summed E-state index contributed by atoms with van der Waals surface area (Å²) in [7, 11) is 0. The second-order valence-electron chi connectivity index (χ2n) is 5.20. The minimum absolute atomic E-state index is 0.431. The Morgan fingerprint density at radius 2 is 1.81 bits per heavy atom. The molecule has 1 aliphatic rings. The lowest BCUT2D eigenvalue weighted by Crippen LogP contribution is -2.03. The second-order valence-corrected chi connectivity index (χ2v) is 5.20. The van der Waals surface area contributed by atoms with Crippen LogP contribution in [-0.4, -0.2) is 0 Å². The van der Waals surface area contributed by atoms with E-state index in [9.17, 15) is 5.26 Å². The van der Waals surface area contributed by atoms with Gasteiger partial charge in [0.15, 0.2) is 0 Å². The summed E-state index contributed by atoms with van der Waals surface area (Å²) in [5.74, 6) is 1.80. The van der Waals surface area contributed by atoms with Crippen molar-refractivity contribution >= 4 is 0 Å². The molecule has 0 N–H and O–H groups in total. The van der Waals surface area contributed by atoms with Gasteiger partial charge in [0, 0.05) is 0 Å². The van der Waals surface area contributed by atoms with Gasteiger partial charge in [0.05, 0.1) is 11.6 Å². The van der Waals surface area contributed by atoms with Crippen LogP contribution in [0.15, 0.2) is 18.2 Å². The summed E-state index contributed by atoms with van der Waals surface area (Å²) < 4.78 is 0. The standard InChI is InChI=1S/C15H19N/c1-10(2)13-5-4-6-14(15(13)9-16)11(3)12-7-8-12/h4-6,10-12H,7-8H2,1-3H3/t11-/m1/s1. The van der Waals surface area contributed by atoms with E-state index < -0.39 is 0 Å². The van der Waals surface area contributed by atoms with Gasteiger partial charge >= 0.3 is 0 Å². The van der Waals surface area contributed by atoms with Crippen LogP contribution in [0.1, 0.15) is 62.1 Å². The van der Waals surface area contributed by atoms with E-state index in [1.807, 2.05) is 0 Å². The maximum Gasteiger partial charge on any atom is 0.0997 e. The van der Waals surface area contributed by atoms with Crippen LogP contribution in [0.3, 0.4) is 0 Å². The van der Waals surface area contributed by atoms with Crippen LogP contribution in [0, 0.1) is 17.2 Å². The molecule has 16 heavy (non-hydrogen) atoms. The number of rotatable bonds is 3. The highest BCUT2D eigenvalue weighted by atomic mass is 14.4. The zero-order chi connectivity index (χ0) is 11.7. The number of benzene rings is 1. The summed E-state index contributed by atoms with van der Waals surface area (Å²) in [6, 6.07) is 8.73. The lowest BCUT2D eigenvalue weighted by Gasteiger charge is -2.16. The van der Waals surface area contributed by atoms with Crippen molar-refractivity contribution in [2.24, 2.45) is 5.92 Å². The lowest BCUT2D eigenvalue weighted by atomic mass is 9.87. The van der Waals surface area contributed by atoms with Gasteiger partial charge in [-0.15, -0.1) is 0 Å². The molecule has 0 aliphatic heterocycles. The van der Waals surface area contributed by atoms with Crippen LogP contribution < -0.4 is 0 Å². The molecule has 0 spiro atoms. The molecule has 0 heterocycles. The molecular formula is C15H19N. The summed E-state index contributed by atoms with van der Waals surface area (Å²) in [4.78, 5) is 0. The zero-order valence-electron chi connectivity index (χ0n) is 10.3. The van der Waals surface area contributed by atoms with Crippen LogP contribution in [0.4, 0.5) is 0 Å².